The number of hydrogen-bond donors (Lipinski definition) is 3. The Morgan fingerprint density at radius 3 is 2.24 bits per heavy atom. The Bertz CT molecular complexity index is 1020. The Kier molecular flexibility index (Phi) is 6.94. The zero-order chi connectivity index (χ0) is 20.6. The van der Waals surface area contributed by atoms with E-state index in [4.69, 9.17) is 17.0 Å². The minimum atomic E-state index is -1.39. The summed E-state index contributed by atoms with van der Waals surface area (Å²) in [6.45, 7) is 0. The average Bonchev–Trinajstić information content (AvgIpc) is 2.74. The third-order valence-corrected chi connectivity index (χ3v) is 5.21. The number of thiocarbonyl (C=S) groups is 1. The molecule has 0 aliphatic rings. The first kappa shape index (κ1) is 20.5. The third kappa shape index (κ3) is 5.63. The van der Waals surface area contributed by atoms with Crippen LogP contribution in [-0.4, -0.2) is 22.3 Å². The molecule has 0 fully saturated rings. The average molecular weight is 426 g/mol. The van der Waals surface area contributed by atoms with Gasteiger partial charge in [0, 0.05) is 11.4 Å². The van der Waals surface area contributed by atoms with E-state index in [1.54, 1.807) is 48.5 Å². The van der Waals surface area contributed by atoms with Gasteiger partial charge in [-0.05, 0) is 60.7 Å². The molecule has 3 aromatic carbocycles. The Hall–Kier alpha value is -3.23. The second kappa shape index (κ2) is 9.81. The molecule has 0 radical (unpaired) electrons. The second-order valence-electron chi connectivity index (χ2n) is 5.87. The van der Waals surface area contributed by atoms with Gasteiger partial charge in [0.05, 0.1) is 17.6 Å². The van der Waals surface area contributed by atoms with Crippen LogP contribution in [0.4, 0.5) is 11.4 Å². The van der Waals surface area contributed by atoms with Gasteiger partial charge in [-0.25, -0.2) is 4.21 Å². The minimum absolute atomic E-state index is 0.150. The fraction of sp³-hybridized carbons (Fsp3) is 0.0476. The molecule has 6 nitrogen and oxygen atoms in total. The van der Waals surface area contributed by atoms with Crippen molar-refractivity contribution in [2.75, 3.05) is 17.1 Å². The summed E-state index contributed by atoms with van der Waals surface area (Å²) in [5, 5.41) is 5.70. The summed E-state index contributed by atoms with van der Waals surface area (Å²) in [6, 6.07) is 23.1. The van der Waals surface area contributed by atoms with Gasteiger partial charge in [0.2, 0.25) is 0 Å². The number of carbonyl (C=O) groups is 1. The molecule has 0 saturated carbocycles. The van der Waals surface area contributed by atoms with E-state index in [0.717, 1.165) is 5.69 Å². The van der Waals surface area contributed by atoms with Crippen molar-refractivity contribution in [1.29, 1.82) is 0 Å². The van der Waals surface area contributed by atoms with Gasteiger partial charge in [-0.3, -0.25) is 10.1 Å². The molecule has 0 spiro atoms. The molecule has 3 rings (SSSR count). The van der Waals surface area contributed by atoms with Gasteiger partial charge < -0.3 is 14.8 Å². The molecule has 0 aliphatic heterocycles. The van der Waals surface area contributed by atoms with Crippen LogP contribution in [0.5, 0.6) is 5.75 Å². The molecule has 1 unspecified atom stereocenters. The number of benzene rings is 3. The van der Waals surface area contributed by atoms with E-state index in [-0.39, 0.29) is 11.0 Å². The van der Waals surface area contributed by atoms with Gasteiger partial charge in [0.25, 0.3) is 5.91 Å². The van der Waals surface area contributed by atoms with Crippen molar-refractivity contribution in [3.63, 3.8) is 0 Å². The molecule has 29 heavy (non-hydrogen) atoms. The first-order chi connectivity index (χ1) is 14.1. The van der Waals surface area contributed by atoms with Crippen molar-refractivity contribution < 1.29 is 13.7 Å². The van der Waals surface area contributed by atoms with Crippen molar-refractivity contribution in [2.24, 2.45) is 0 Å². The number of methoxy groups -OCH3 is 1. The van der Waals surface area contributed by atoms with E-state index in [1.165, 1.54) is 7.11 Å². The second-order valence-corrected chi connectivity index (χ2v) is 7.49. The van der Waals surface area contributed by atoms with Crippen LogP contribution in [0.15, 0.2) is 83.8 Å². The van der Waals surface area contributed by atoms with Crippen LogP contribution < -0.4 is 20.1 Å². The van der Waals surface area contributed by atoms with Crippen LogP contribution in [-0.2, 0) is 11.0 Å². The summed E-state index contributed by atoms with van der Waals surface area (Å²) in [5.41, 5.74) is 1.82. The molecule has 0 aromatic heterocycles. The summed E-state index contributed by atoms with van der Waals surface area (Å²) >= 11 is 5.21. The van der Waals surface area contributed by atoms with Gasteiger partial charge in [0.1, 0.15) is 16.7 Å². The molecular weight excluding hydrogens is 406 g/mol. The predicted octanol–water partition coefficient (Wildman–Crippen LogP) is 3.96. The van der Waals surface area contributed by atoms with E-state index in [2.05, 4.69) is 15.4 Å². The van der Waals surface area contributed by atoms with Crippen molar-refractivity contribution >= 4 is 45.6 Å². The first-order valence-corrected chi connectivity index (χ1v) is 10.2. The highest BCUT2D eigenvalue weighted by Gasteiger charge is 2.13. The molecule has 8 heteroatoms. The molecule has 0 aliphatic carbocycles. The fourth-order valence-corrected chi connectivity index (χ4v) is 3.56. The molecule has 0 heterocycles. The quantitative estimate of drug-likeness (QED) is 0.521. The summed E-state index contributed by atoms with van der Waals surface area (Å²) in [4.78, 5) is 13.0. The molecule has 1 atom stereocenters. The predicted molar refractivity (Wildman–Crippen MR) is 120 cm³/mol. The maximum Gasteiger partial charge on any atom is 0.261 e. The van der Waals surface area contributed by atoms with Gasteiger partial charge in [-0.1, -0.05) is 30.3 Å². The topological polar surface area (TPSA) is 79.5 Å². The van der Waals surface area contributed by atoms with Gasteiger partial charge in [0.15, 0.2) is 5.11 Å². The Morgan fingerprint density at radius 1 is 0.897 bits per heavy atom. The number of anilines is 2. The zero-order valence-corrected chi connectivity index (χ0v) is 17.2. The van der Waals surface area contributed by atoms with E-state index < -0.39 is 11.0 Å². The van der Waals surface area contributed by atoms with E-state index in [9.17, 15) is 9.00 Å². The highest BCUT2D eigenvalue weighted by molar-refractivity contribution is 7.86. The Balaban J connectivity index is 1.58. The lowest BCUT2D eigenvalue weighted by molar-refractivity contribution is 0.0975. The summed E-state index contributed by atoms with van der Waals surface area (Å²) in [6.07, 6.45) is 0. The van der Waals surface area contributed by atoms with Gasteiger partial charge in [-0.15, -0.1) is 0 Å². The number of para-hydroxylation sites is 2. The van der Waals surface area contributed by atoms with Crippen molar-refractivity contribution in [2.45, 2.75) is 4.90 Å². The van der Waals surface area contributed by atoms with E-state index >= 15 is 0 Å². The number of amides is 1. The van der Waals surface area contributed by atoms with Crippen LogP contribution in [0.3, 0.4) is 0 Å². The lowest BCUT2D eigenvalue weighted by Gasteiger charge is -2.12. The monoisotopic (exact) mass is 425 g/mol. The molecule has 0 bridgehead atoms. The van der Waals surface area contributed by atoms with Gasteiger partial charge in [-0.2, -0.15) is 0 Å². The third-order valence-electron chi connectivity index (χ3n) is 3.89. The van der Waals surface area contributed by atoms with Crippen LogP contribution in [0, 0.1) is 0 Å². The van der Waals surface area contributed by atoms with Crippen LogP contribution in [0.1, 0.15) is 10.4 Å². The first-order valence-electron chi connectivity index (χ1n) is 8.65. The number of ether oxygens (including phenoxy) is 1. The molecule has 148 valence electrons. The number of rotatable bonds is 6. The van der Waals surface area contributed by atoms with Crippen molar-refractivity contribution in [3.05, 3.63) is 84.4 Å². The Morgan fingerprint density at radius 2 is 1.55 bits per heavy atom. The molecule has 3 aromatic rings. The van der Waals surface area contributed by atoms with E-state index in [1.807, 2.05) is 30.3 Å². The lowest BCUT2D eigenvalue weighted by atomic mass is 10.2. The molecule has 1 amide bonds. The largest absolute Gasteiger partial charge is 0.496 e. The highest BCUT2D eigenvalue weighted by Crippen LogP contribution is 2.18. The van der Waals surface area contributed by atoms with Crippen molar-refractivity contribution in [3.8, 4) is 5.75 Å². The standard InChI is InChI=1S/C21H19N3O3S2/c1-27-19-10-6-5-9-18(19)20(25)23-21(28)22-15-11-13-17(14-12-15)29(26)24-16-7-3-2-4-8-16/h2-14,24H,1H3,(H2,22,23,25,28). The Labute approximate surface area is 176 Å². The minimum Gasteiger partial charge on any atom is -0.496 e. The molecular formula is C21H19N3O3S2. The maximum absolute atomic E-state index is 12.4. The lowest BCUT2D eigenvalue weighted by Crippen LogP contribution is -2.34. The number of carbonyl (C=O) groups excluding carboxylic acids is 1. The van der Waals surface area contributed by atoms with Gasteiger partial charge >= 0.3 is 0 Å². The summed E-state index contributed by atoms with van der Waals surface area (Å²) < 4.78 is 20.5. The van der Waals surface area contributed by atoms with Crippen LogP contribution in [0.2, 0.25) is 0 Å². The normalized spacial score (nSPS) is 11.2. The highest BCUT2D eigenvalue weighted by atomic mass is 32.2. The maximum atomic E-state index is 12.4. The summed E-state index contributed by atoms with van der Waals surface area (Å²) in [5.74, 6) is 0.0929. The zero-order valence-electron chi connectivity index (χ0n) is 15.5. The number of hydrogen-bond acceptors (Lipinski definition) is 4. The van der Waals surface area contributed by atoms with Crippen LogP contribution >= 0.6 is 12.2 Å². The smallest absolute Gasteiger partial charge is 0.261 e. The summed E-state index contributed by atoms with van der Waals surface area (Å²) in [7, 11) is 0.113. The van der Waals surface area contributed by atoms with E-state index in [0.29, 0.717) is 21.9 Å². The van der Waals surface area contributed by atoms with Crippen molar-refractivity contribution in [1.82, 2.24) is 5.32 Å². The fourth-order valence-electron chi connectivity index (χ4n) is 2.50. The molecule has 0 saturated heterocycles. The molecule has 3 N–H and O–H groups in total. The number of nitrogens with one attached hydrogen (secondary N) is 3. The van der Waals surface area contributed by atoms with Crippen LogP contribution in [0.25, 0.3) is 0 Å². The SMILES string of the molecule is COc1ccccc1C(=O)NC(=S)Nc1ccc(S(=O)Nc2ccccc2)cc1.